The van der Waals surface area contributed by atoms with Crippen molar-refractivity contribution in [1.82, 2.24) is 4.90 Å². The number of aliphatic hydroxyl groups is 1. The highest BCUT2D eigenvalue weighted by atomic mass is 35.5. The summed E-state index contributed by atoms with van der Waals surface area (Å²) in [5, 5.41) is 19.8. The molecule has 2 unspecified atom stereocenters. The van der Waals surface area contributed by atoms with Crippen molar-refractivity contribution < 1.29 is 9.90 Å². The number of nitriles is 1. The zero-order valence-electron chi connectivity index (χ0n) is 13.6. The average Bonchev–Trinajstić information content (AvgIpc) is 2.61. The molecule has 0 aliphatic heterocycles. The summed E-state index contributed by atoms with van der Waals surface area (Å²) in [6.07, 6.45) is -1.01. The Hall–Kier alpha value is -2.35. The van der Waals surface area contributed by atoms with Crippen LogP contribution < -0.4 is 0 Å². The molecule has 2 atom stereocenters. The van der Waals surface area contributed by atoms with Crippen LogP contribution in [0.25, 0.3) is 0 Å². The van der Waals surface area contributed by atoms with E-state index in [0.29, 0.717) is 10.6 Å². The first-order chi connectivity index (χ1) is 11.4. The number of benzene rings is 2. The number of rotatable bonds is 5. The molecule has 4 nitrogen and oxygen atoms in total. The molecule has 0 bridgehead atoms. The van der Waals surface area contributed by atoms with Crippen molar-refractivity contribution >= 4 is 17.5 Å². The second-order valence-electron chi connectivity index (χ2n) is 5.67. The molecule has 5 heteroatoms. The lowest BCUT2D eigenvalue weighted by Crippen LogP contribution is -2.39. The fourth-order valence-electron chi connectivity index (χ4n) is 2.48. The maximum Gasteiger partial charge on any atom is 0.252 e. The van der Waals surface area contributed by atoms with Gasteiger partial charge in [0.15, 0.2) is 0 Å². The maximum absolute atomic E-state index is 12.5. The van der Waals surface area contributed by atoms with Gasteiger partial charge in [0.25, 0.3) is 5.91 Å². The molecule has 0 aliphatic rings. The van der Waals surface area contributed by atoms with Gasteiger partial charge in [-0.15, -0.1) is 0 Å². The molecule has 2 rings (SSSR count). The number of amides is 1. The van der Waals surface area contributed by atoms with Gasteiger partial charge >= 0.3 is 0 Å². The summed E-state index contributed by atoms with van der Waals surface area (Å²) < 4.78 is 0. The minimum atomic E-state index is -1.17. The highest BCUT2D eigenvalue weighted by Crippen LogP contribution is 2.22. The third-order valence-electron chi connectivity index (χ3n) is 4.08. The van der Waals surface area contributed by atoms with E-state index in [1.54, 1.807) is 43.4 Å². The number of likely N-dealkylation sites (N-methyl/N-ethyl adjacent to an activating group) is 1. The normalized spacial score (nSPS) is 13.0. The van der Waals surface area contributed by atoms with E-state index in [4.69, 9.17) is 16.9 Å². The van der Waals surface area contributed by atoms with Crippen LogP contribution in [0.5, 0.6) is 0 Å². The Balaban J connectivity index is 2.10. The SMILES string of the molecule is CC(c1cccc(C#N)c1)N(C)C(=O)C(O)Cc1ccccc1Cl. The number of carbonyl (C=O) groups excluding carboxylic acids is 1. The summed E-state index contributed by atoms with van der Waals surface area (Å²) in [6.45, 7) is 1.86. The number of aliphatic hydroxyl groups excluding tert-OH is 1. The van der Waals surface area contributed by atoms with E-state index in [0.717, 1.165) is 11.1 Å². The molecule has 0 radical (unpaired) electrons. The van der Waals surface area contributed by atoms with Gasteiger partial charge in [-0.2, -0.15) is 5.26 Å². The van der Waals surface area contributed by atoms with E-state index < -0.39 is 6.10 Å². The molecule has 0 saturated carbocycles. The average molecular weight is 343 g/mol. The highest BCUT2D eigenvalue weighted by molar-refractivity contribution is 6.31. The van der Waals surface area contributed by atoms with Gasteiger partial charge in [0.1, 0.15) is 6.10 Å². The minimum absolute atomic E-state index is 0.161. The number of halogens is 1. The summed E-state index contributed by atoms with van der Waals surface area (Å²) in [6, 6.07) is 16.1. The molecule has 0 saturated heterocycles. The first-order valence-corrected chi connectivity index (χ1v) is 8.00. The first-order valence-electron chi connectivity index (χ1n) is 7.62. The Kier molecular flexibility index (Phi) is 5.97. The largest absolute Gasteiger partial charge is 0.383 e. The third-order valence-corrected chi connectivity index (χ3v) is 4.45. The van der Waals surface area contributed by atoms with Crippen molar-refractivity contribution in [2.45, 2.75) is 25.5 Å². The van der Waals surface area contributed by atoms with Crippen LogP contribution in [-0.2, 0) is 11.2 Å². The Bertz CT molecular complexity index is 770. The number of nitrogens with zero attached hydrogens (tertiary/aromatic N) is 2. The fraction of sp³-hybridized carbons (Fsp3) is 0.263. The summed E-state index contributed by atoms with van der Waals surface area (Å²) in [4.78, 5) is 14.0. The standard InChI is InChI=1S/C19H19ClN2O2/c1-13(15-8-5-6-14(10-15)12-21)22(2)19(24)18(23)11-16-7-3-4-9-17(16)20/h3-10,13,18,23H,11H2,1-2H3. The number of carbonyl (C=O) groups is 1. The van der Waals surface area contributed by atoms with Gasteiger partial charge in [-0.05, 0) is 36.2 Å². The van der Waals surface area contributed by atoms with E-state index in [2.05, 4.69) is 6.07 Å². The van der Waals surface area contributed by atoms with Crippen molar-refractivity contribution in [2.75, 3.05) is 7.05 Å². The summed E-state index contributed by atoms with van der Waals surface area (Å²) >= 11 is 6.08. The topological polar surface area (TPSA) is 64.3 Å². The van der Waals surface area contributed by atoms with Crippen LogP contribution in [-0.4, -0.2) is 29.1 Å². The van der Waals surface area contributed by atoms with Crippen LogP contribution in [0.2, 0.25) is 5.02 Å². The number of hydrogen-bond donors (Lipinski definition) is 1. The molecule has 0 spiro atoms. The summed E-state index contributed by atoms with van der Waals surface area (Å²) in [5.41, 5.74) is 2.11. The smallest absolute Gasteiger partial charge is 0.252 e. The van der Waals surface area contributed by atoms with E-state index in [9.17, 15) is 9.90 Å². The minimum Gasteiger partial charge on any atom is -0.383 e. The van der Waals surface area contributed by atoms with Gasteiger partial charge in [0.05, 0.1) is 17.7 Å². The predicted molar refractivity (Wildman–Crippen MR) is 93.5 cm³/mol. The van der Waals surface area contributed by atoms with E-state index in [1.807, 2.05) is 19.1 Å². The van der Waals surface area contributed by atoms with E-state index in [1.165, 1.54) is 4.90 Å². The molecule has 2 aromatic carbocycles. The van der Waals surface area contributed by atoms with Gasteiger partial charge in [0.2, 0.25) is 0 Å². The molecule has 0 aromatic heterocycles. The van der Waals surface area contributed by atoms with Crippen molar-refractivity contribution in [1.29, 1.82) is 5.26 Å². The molecular weight excluding hydrogens is 324 g/mol. The van der Waals surface area contributed by atoms with Crippen LogP contribution >= 0.6 is 11.6 Å². The molecule has 0 fully saturated rings. The van der Waals surface area contributed by atoms with Gasteiger partial charge in [0, 0.05) is 18.5 Å². The van der Waals surface area contributed by atoms with Crippen molar-refractivity contribution in [3.8, 4) is 6.07 Å². The Labute approximate surface area is 146 Å². The van der Waals surface area contributed by atoms with Crippen molar-refractivity contribution in [3.63, 3.8) is 0 Å². The van der Waals surface area contributed by atoms with Crippen LogP contribution in [0.1, 0.15) is 29.7 Å². The van der Waals surface area contributed by atoms with Gasteiger partial charge < -0.3 is 10.0 Å². The summed E-state index contributed by atoms with van der Waals surface area (Å²) in [7, 11) is 1.64. The van der Waals surface area contributed by atoms with Gasteiger partial charge in [-0.25, -0.2) is 0 Å². The second kappa shape index (κ2) is 7.96. The van der Waals surface area contributed by atoms with Crippen LogP contribution in [0.4, 0.5) is 0 Å². The lowest BCUT2D eigenvalue weighted by atomic mass is 10.0. The van der Waals surface area contributed by atoms with Gasteiger partial charge in [-0.3, -0.25) is 4.79 Å². The monoisotopic (exact) mass is 342 g/mol. The van der Waals surface area contributed by atoms with Crippen molar-refractivity contribution in [2.24, 2.45) is 0 Å². The van der Waals surface area contributed by atoms with E-state index in [-0.39, 0.29) is 18.4 Å². The summed E-state index contributed by atoms with van der Waals surface area (Å²) in [5.74, 6) is -0.384. The van der Waals surface area contributed by atoms with E-state index >= 15 is 0 Å². The molecule has 24 heavy (non-hydrogen) atoms. The molecular formula is C19H19ClN2O2. The Morgan fingerprint density at radius 2 is 2.00 bits per heavy atom. The van der Waals surface area contributed by atoms with Crippen LogP contribution in [0.15, 0.2) is 48.5 Å². The lowest BCUT2D eigenvalue weighted by molar-refractivity contribution is -0.140. The zero-order valence-corrected chi connectivity index (χ0v) is 14.4. The predicted octanol–water partition coefficient (Wildman–Crippen LogP) is 3.33. The lowest BCUT2D eigenvalue weighted by Gasteiger charge is -2.27. The molecule has 1 N–H and O–H groups in total. The Morgan fingerprint density at radius 1 is 1.29 bits per heavy atom. The second-order valence-corrected chi connectivity index (χ2v) is 6.08. The van der Waals surface area contributed by atoms with Crippen LogP contribution in [0.3, 0.4) is 0 Å². The highest BCUT2D eigenvalue weighted by Gasteiger charge is 2.25. The molecule has 124 valence electrons. The number of hydrogen-bond acceptors (Lipinski definition) is 3. The zero-order chi connectivity index (χ0) is 17.7. The maximum atomic E-state index is 12.5. The molecule has 2 aromatic rings. The Morgan fingerprint density at radius 3 is 2.67 bits per heavy atom. The molecule has 0 aliphatic carbocycles. The molecule has 1 amide bonds. The van der Waals surface area contributed by atoms with Gasteiger partial charge in [-0.1, -0.05) is 41.9 Å². The third kappa shape index (κ3) is 4.14. The fourth-order valence-corrected chi connectivity index (χ4v) is 2.69. The van der Waals surface area contributed by atoms with Crippen LogP contribution in [0, 0.1) is 11.3 Å². The quantitative estimate of drug-likeness (QED) is 0.906. The molecule has 0 heterocycles. The van der Waals surface area contributed by atoms with Crippen molar-refractivity contribution in [3.05, 3.63) is 70.2 Å². The first kappa shape index (κ1) is 18.0.